The van der Waals surface area contributed by atoms with Crippen LogP contribution in [0.3, 0.4) is 0 Å². The molecule has 0 aliphatic carbocycles. The van der Waals surface area contributed by atoms with Crippen LogP contribution >= 0.6 is 0 Å². The third-order valence-electron chi connectivity index (χ3n) is 7.78. The van der Waals surface area contributed by atoms with Crippen LogP contribution in [0.1, 0.15) is 62.3 Å². The molecule has 1 aliphatic rings. The van der Waals surface area contributed by atoms with E-state index >= 15 is 0 Å². The van der Waals surface area contributed by atoms with E-state index in [0.717, 1.165) is 43.4 Å². The van der Waals surface area contributed by atoms with Gasteiger partial charge in [0.05, 0.1) is 29.1 Å². The fraction of sp³-hybridized carbons (Fsp3) is 0.343. The Bertz CT molecular complexity index is 1470. The van der Waals surface area contributed by atoms with Crippen molar-refractivity contribution >= 4 is 41.7 Å². The summed E-state index contributed by atoms with van der Waals surface area (Å²) in [5.41, 5.74) is 2.01. The van der Waals surface area contributed by atoms with E-state index in [9.17, 15) is 22.8 Å². The molecular formula is C35H39F3N4O3. The second-order valence-corrected chi connectivity index (χ2v) is 11.3. The molecule has 2 amide bonds. The number of amides is 2. The summed E-state index contributed by atoms with van der Waals surface area (Å²) in [4.78, 5) is 29.8. The number of rotatable bonds is 11. The summed E-state index contributed by atoms with van der Waals surface area (Å²) in [6.45, 7) is 8.25. The van der Waals surface area contributed by atoms with Crippen LogP contribution in [0.25, 0.3) is 6.08 Å². The van der Waals surface area contributed by atoms with Crippen LogP contribution in [-0.2, 0) is 20.5 Å². The maximum Gasteiger partial charge on any atom is 0.416 e. The highest BCUT2D eigenvalue weighted by atomic mass is 19.4. The van der Waals surface area contributed by atoms with Gasteiger partial charge in [0, 0.05) is 11.8 Å². The van der Waals surface area contributed by atoms with Gasteiger partial charge in [0.15, 0.2) is 0 Å². The number of carbonyl (C=O) groups excluding carboxylic acids is 2. The molecule has 3 aromatic rings. The average Bonchev–Trinajstić information content (AvgIpc) is 3.17. The molecule has 1 heterocycles. The van der Waals surface area contributed by atoms with Crippen molar-refractivity contribution in [2.75, 3.05) is 17.2 Å². The monoisotopic (exact) mass is 620 g/mol. The van der Waals surface area contributed by atoms with Crippen molar-refractivity contribution in [3.8, 4) is 0 Å². The van der Waals surface area contributed by atoms with Crippen LogP contribution in [0, 0.1) is 5.92 Å². The van der Waals surface area contributed by atoms with Crippen molar-refractivity contribution in [2.24, 2.45) is 10.9 Å². The fourth-order valence-corrected chi connectivity index (χ4v) is 5.45. The first-order valence-corrected chi connectivity index (χ1v) is 15.0. The van der Waals surface area contributed by atoms with Crippen LogP contribution < -0.4 is 16.0 Å². The molecule has 1 saturated heterocycles. The Morgan fingerprint density at radius 1 is 0.978 bits per heavy atom. The van der Waals surface area contributed by atoms with E-state index in [1.54, 1.807) is 54.6 Å². The highest BCUT2D eigenvalue weighted by Crippen LogP contribution is 2.30. The smallest absolute Gasteiger partial charge is 0.376 e. The number of carbonyl (C=O) groups is 2. The molecule has 3 aromatic carbocycles. The summed E-state index contributed by atoms with van der Waals surface area (Å²) in [6, 6.07) is 17.9. The molecule has 0 radical (unpaired) electrons. The third kappa shape index (κ3) is 10.1. The summed E-state index contributed by atoms with van der Waals surface area (Å²) in [6.07, 6.45) is 2.81. The molecule has 1 aliphatic heterocycles. The van der Waals surface area contributed by atoms with Gasteiger partial charge in [-0.2, -0.15) is 13.2 Å². The summed E-state index contributed by atoms with van der Waals surface area (Å²) in [5, 5.41) is 8.89. The van der Waals surface area contributed by atoms with E-state index in [0.29, 0.717) is 29.4 Å². The zero-order chi connectivity index (χ0) is 32.4. The Kier molecular flexibility index (Phi) is 11.7. The summed E-state index contributed by atoms with van der Waals surface area (Å²) < 4.78 is 45.0. The molecule has 7 nitrogen and oxygen atoms in total. The molecule has 4 unspecified atom stereocenters. The number of benzene rings is 3. The van der Waals surface area contributed by atoms with Crippen molar-refractivity contribution in [1.82, 2.24) is 5.32 Å². The van der Waals surface area contributed by atoms with Crippen LogP contribution in [0.5, 0.6) is 0 Å². The Balaban J connectivity index is 1.45. The lowest BCUT2D eigenvalue weighted by Gasteiger charge is -2.22. The van der Waals surface area contributed by atoms with Crippen molar-refractivity contribution in [3.63, 3.8) is 0 Å². The zero-order valence-electron chi connectivity index (χ0n) is 25.4. The lowest BCUT2D eigenvalue weighted by Crippen LogP contribution is -2.34. The molecule has 45 heavy (non-hydrogen) atoms. The Hall–Kier alpha value is -4.28. The van der Waals surface area contributed by atoms with Gasteiger partial charge in [-0.25, -0.2) is 0 Å². The number of nitrogens with zero attached hydrogens (tertiary/aromatic N) is 1. The standard InChI is InChI=1S/C35H39F3N4O3/c1-23-8-9-26(22-24(2)45-23)20-21-40-33(34(44)41-29-17-15-28(16-18-29)35(36,37)38)27-13-10-25(11-14-27)12-19-32(43)42-31-7-5-4-6-30(31)39-3/h4-7,10-19,23-24,26,33,40H,3,8-9,20-22H2,1-2H3,(H,41,44)(H,42,43)/b19-12+. The van der Waals surface area contributed by atoms with Gasteiger partial charge in [-0.3, -0.25) is 14.6 Å². The molecule has 4 rings (SSSR count). The normalized spacial score (nSPS) is 19.4. The van der Waals surface area contributed by atoms with Gasteiger partial charge in [0.2, 0.25) is 11.8 Å². The molecule has 0 spiro atoms. The second kappa shape index (κ2) is 15.6. The lowest BCUT2D eigenvalue weighted by atomic mass is 9.93. The summed E-state index contributed by atoms with van der Waals surface area (Å²) in [5.74, 6) is -0.277. The quantitative estimate of drug-likeness (QED) is 0.150. The number of hydrogen-bond acceptors (Lipinski definition) is 5. The highest BCUT2D eigenvalue weighted by molar-refractivity contribution is 6.03. The minimum absolute atomic E-state index is 0.169. The first kappa shape index (κ1) is 33.6. The van der Waals surface area contributed by atoms with Gasteiger partial charge in [0.25, 0.3) is 0 Å². The number of ether oxygens (including phenoxy) is 1. The van der Waals surface area contributed by atoms with Crippen molar-refractivity contribution < 1.29 is 27.5 Å². The fourth-order valence-electron chi connectivity index (χ4n) is 5.45. The van der Waals surface area contributed by atoms with Gasteiger partial charge >= 0.3 is 6.18 Å². The summed E-state index contributed by atoms with van der Waals surface area (Å²) >= 11 is 0. The molecule has 4 atom stereocenters. The Labute approximate surface area is 262 Å². The van der Waals surface area contributed by atoms with E-state index in [4.69, 9.17) is 4.74 Å². The number of para-hydroxylation sites is 2. The first-order chi connectivity index (χ1) is 21.5. The molecule has 0 saturated carbocycles. The minimum Gasteiger partial charge on any atom is -0.376 e. The van der Waals surface area contributed by atoms with E-state index in [-0.39, 0.29) is 23.8 Å². The van der Waals surface area contributed by atoms with Gasteiger partial charge in [-0.15, -0.1) is 0 Å². The number of hydrogen-bond donors (Lipinski definition) is 3. The summed E-state index contributed by atoms with van der Waals surface area (Å²) in [7, 11) is 0. The molecule has 10 heteroatoms. The molecule has 0 aromatic heterocycles. The zero-order valence-corrected chi connectivity index (χ0v) is 25.4. The SMILES string of the molecule is C=Nc1ccccc1NC(=O)/C=C/c1ccc(C(NCCC2CCC(C)OC(C)C2)C(=O)Nc2ccc(C(F)(F)F)cc2)cc1. The average molecular weight is 621 g/mol. The second-order valence-electron chi connectivity index (χ2n) is 11.3. The Morgan fingerprint density at radius 3 is 2.38 bits per heavy atom. The van der Waals surface area contributed by atoms with Gasteiger partial charge in [-0.1, -0.05) is 36.4 Å². The Morgan fingerprint density at radius 2 is 1.69 bits per heavy atom. The number of alkyl halides is 3. The van der Waals surface area contributed by atoms with E-state index < -0.39 is 23.7 Å². The molecule has 1 fully saturated rings. The van der Waals surface area contributed by atoms with E-state index in [1.807, 2.05) is 0 Å². The predicted octanol–water partition coefficient (Wildman–Crippen LogP) is 7.94. The highest BCUT2D eigenvalue weighted by Gasteiger charge is 2.30. The van der Waals surface area contributed by atoms with Crippen LogP contribution in [0.15, 0.2) is 83.9 Å². The van der Waals surface area contributed by atoms with Crippen molar-refractivity contribution in [1.29, 1.82) is 0 Å². The predicted molar refractivity (Wildman–Crippen MR) is 173 cm³/mol. The van der Waals surface area contributed by atoms with Gasteiger partial charge < -0.3 is 20.7 Å². The number of nitrogens with one attached hydrogen (secondary N) is 3. The van der Waals surface area contributed by atoms with Gasteiger partial charge in [-0.05, 0) is 112 Å². The third-order valence-corrected chi connectivity index (χ3v) is 7.78. The van der Waals surface area contributed by atoms with E-state index in [1.165, 1.54) is 18.2 Å². The molecule has 3 N–H and O–H groups in total. The maximum absolute atomic E-state index is 13.5. The topological polar surface area (TPSA) is 91.8 Å². The minimum atomic E-state index is -4.46. The molecule has 0 bridgehead atoms. The molecular weight excluding hydrogens is 581 g/mol. The lowest BCUT2D eigenvalue weighted by molar-refractivity contribution is -0.137. The number of halogens is 3. The first-order valence-electron chi connectivity index (χ1n) is 15.0. The van der Waals surface area contributed by atoms with Gasteiger partial charge in [0.1, 0.15) is 6.04 Å². The van der Waals surface area contributed by atoms with Crippen molar-refractivity contribution in [2.45, 2.75) is 64.0 Å². The van der Waals surface area contributed by atoms with E-state index in [2.05, 4.69) is 41.5 Å². The van der Waals surface area contributed by atoms with Crippen LogP contribution in [0.2, 0.25) is 0 Å². The number of anilines is 2. The maximum atomic E-state index is 13.5. The number of aliphatic imine (C=N–C) groups is 1. The van der Waals surface area contributed by atoms with Crippen LogP contribution in [0.4, 0.5) is 30.2 Å². The van der Waals surface area contributed by atoms with Crippen LogP contribution in [-0.4, -0.2) is 37.3 Å². The largest absolute Gasteiger partial charge is 0.416 e. The molecule has 238 valence electrons. The van der Waals surface area contributed by atoms with Crippen molar-refractivity contribution in [3.05, 3.63) is 95.6 Å².